The summed E-state index contributed by atoms with van der Waals surface area (Å²) in [5, 5.41) is 2.71. The lowest BCUT2D eigenvalue weighted by atomic mass is 9.81. The lowest BCUT2D eigenvalue weighted by Gasteiger charge is -2.34. The van der Waals surface area contributed by atoms with Crippen molar-refractivity contribution >= 4 is 58.3 Å². The van der Waals surface area contributed by atoms with Crippen molar-refractivity contribution in [3.05, 3.63) is 68.7 Å². The van der Waals surface area contributed by atoms with Gasteiger partial charge < -0.3 is 0 Å². The third-order valence-corrected chi connectivity index (χ3v) is 7.27. The molecule has 1 heterocycles. The van der Waals surface area contributed by atoms with Crippen molar-refractivity contribution in [3.8, 4) is 0 Å². The van der Waals surface area contributed by atoms with E-state index in [9.17, 15) is 19.2 Å². The Kier molecular flexibility index (Phi) is 6.80. The first-order valence-corrected chi connectivity index (χ1v) is 11.8. The zero-order valence-electron chi connectivity index (χ0n) is 17.8. The Morgan fingerprint density at radius 1 is 0.879 bits per heavy atom. The number of halogens is 3. The minimum atomic E-state index is -1.14. The number of Topliss-reactive ketones (excluding diaryl/α,β-unsaturated/α-hetero) is 1. The van der Waals surface area contributed by atoms with E-state index in [4.69, 9.17) is 34.8 Å². The van der Waals surface area contributed by atoms with Crippen LogP contribution in [0.15, 0.2) is 42.5 Å². The van der Waals surface area contributed by atoms with Gasteiger partial charge in [-0.3, -0.25) is 19.2 Å². The van der Waals surface area contributed by atoms with Crippen molar-refractivity contribution < 1.29 is 19.2 Å². The molecule has 2 aromatic carbocycles. The van der Waals surface area contributed by atoms with Crippen molar-refractivity contribution in [2.24, 2.45) is 11.8 Å². The van der Waals surface area contributed by atoms with Gasteiger partial charge >= 0.3 is 0 Å². The SMILES string of the molecule is C[C@H](C(=O)c1ccc(Cl)cc1)N(C(=O)c1ccc(Cl)c(Cl)c1)N1C(=O)[C@H]2CCCC[C@@H]2C1=O. The van der Waals surface area contributed by atoms with E-state index >= 15 is 0 Å². The number of carbonyl (C=O) groups excluding carboxylic acids is 4. The molecule has 1 aliphatic heterocycles. The smallest absolute Gasteiger partial charge is 0.273 e. The summed E-state index contributed by atoms with van der Waals surface area (Å²) in [7, 11) is 0. The van der Waals surface area contributed by atoms with Crippen LogP contribution in [-0.2, 0) is 9.59 Å². The molecule has 4 rings (SSSR count). The number of fused-ring (bicyclic) bond motifs is 1. The molecule has 0 unspecified atom stereocenters. The van der Waals surface area contributed by atoms with Crippen LogP contribution in [-0.4, -0.2) is 39.6 Å². The fourth-order valence-corrected chi connectivity index (χ4v) is 4.95. The van der Waals surface area contributed by atoms with Crippen molar-refractivity contribution in [3.63, 3.8) is 0 Å². The van der Waals surface area contributed by atoms with E-state index in [2.05, 4.69) is 0 Å². The molecule has 2 fully saturated rings. The molecule has 3 amide bonds. The highest BCUT2D eigenvalue weighted by atomic mass is 35.5. The highest BCUT2D eigenvalue weighted by Gasteiger charge is 2.53. The van der Waals surface area contributed by atoms with Crippen LogP contribution in [0.2, 0.25) is 15.1 Å². The van der Waals surface area contributed by atoms with Crippen LogP contribution in [0.25, 0.3) is 0 Å². The number of carbonyl (C=O) groups is 4. The molecule has 6 nitrogen and oxygen atoms in total. The van der Waals surface area contributed by atoms with Crippen molar-refractivity contribution in [1.29, 1.82) is 0 Å². The van der Waals surface area contributed by atoms with Crippen LogP contribution >= 0.6 is 34.8 Å². The summed E-state index contributed by atoms with van der Waals surface area (Å²) in [6, 6.07) is 9.32. The van der Waals surface area contributed by atoms with E-state index in [1.54, 1.807) is 12.1 Å². The molecule has 0 N–H and O–H groups in total. The van der Waals surface area contributed by atoms with E-state index in [-0.39, 0.29) is 15.6 Å². The van der Waals surface area contributed by atoms with E-state index in [1.165, 1.54) is 37.3 Å². The molecule has 0 bridgehead atoms. The Labute approximate surface area is 206 Å². The lowest BCUT2D eigenvalue weighted by Crippen LogP contribution is -2.56. The molecule has 33 heavy (non-hydrogen) atoms. The average molecular weight is 508 g/mol. The van der Waals surface area contributed by atoms with Crippen LogP contribution in [0.3, 0.4) is 0 Å². The van der Waals surface area contributed by atoms with Crippen molar-refractivity contribution in [2.75, 3.05) is 0 Å². The number of amides is 3. The fourth-order valence-electron chi connectivity index (χ4n) is 4.52. The van der Waals surface area contributed by atoms with Gasteiger partial charge in [0, 0.05) is 16.1 Å². The second-order valence-electron chi connectivity index (χ2n) is 8.31. The maximum Gasteiger partial charge on any atom is 0.273 e. The Morgan fingerprint density at radius 3 is 1.97 bits per heavy atom. The Morgan fingerprint density at radius 2 is 1.42 bits per heavy atom. The first-order chi connectivity index (χ1) is 15.7. The molecule has 0 radical (unpaired) electrons. The first kappa shape index (κ1) is 23.7. The number of hydrazine groups is 1. The molecule has 9 heteroatoms. The van der Waals surface area contributed by atoms with E-state index < -0.39 is 41.4 Å². The molecular formula is C24H21Cl3N2O4. The summed E-state index contributed by atoms with van der Waals surface area (Å²) in [6.45, 7) is 1.49. The van der Waals surface area contributed by atoms with Crippen LogP contribution in [0.1, 0.15) is 53.3 Å². The van der Waals surface area contributed by atoms with Crippen LogP contribution in [0, 0.1) is 11.8 Å². The Balaban J connectivity index is 1.76. The van der Waals surface area contributed by atoms with Gasteiger partial charge in [-0.1, -0.05) is 47.6 Å². The molecule has 1 aliphatic carbocycles. The van der Waals surface area contributed by atoms with Crippen molar-refractivity contribution in [2.45, 2.75) is 38.6 Å². The van der Waals surface area contributed by atoms with Gasteiger partial charge in [0.15, 0.2) is 5.78 Å². The second-order valence-corrected chi connectivity index (χ2v) is 9.56. The number of benzene rings is 2. The highest BCUT2D eigenvalue weighted by molar-refractivity contribution is 6.42. The normalized spacial score (nSPS) is 21.0. The van der Waals surface area contributed by atoms with Gasteiger partial charge in [0.25, 0.3) is 17.7 Å². The van der Waals surface area contributed by atoms with E-state index in [0.717, 1.165) is 22.9 Å². The standard InChI is InChI=1S/C24H21Cl3N2O4/c1-13(21(30)14-6-9-16(25)10-7-14)28(22(31)15-8-11-19(26)20(27)12-15)29-23(32)17-4-2-3-5-18(17)24(29)33/h6-13,17-18H,2-5H2,1H3/t13-,17+,18+/m1/s1. The van der Waals surface area contributed by atoms with Gasteiger partial charge in [0.05, 0.1) is 21.9 Å². The van der Waals surface area contributed by atoms with Gasteiger partial charge in [-0.05, 0) is 62.2 Å². The van der Waals surface area contributed by atoms with Gasteiger partial charge in [-0.25, -0.2) is 5.01 Å². The molecule has 172 valence electrons. The van der Waals surface area contributed by atoms with Gasteiger partial charge in [-0.15, -0.1) is 0 Å². The highest BCUT2D eigenvalue weighted by Crippen LogP contribution is 2.39. The molecule has 2 aromatic rings. The minimum Gasteiger partial charge on any atom is -0.292 e. The lowest BCUT2D eigenvalue weighted by molar-refractivity contribution is -0.156. The zero-order valence-corrected chi connectivity index (χ0v) is 20.0. The quantitative estimate of drug-likeness (QED) is 0.398. The third kappa shape index (κ3) is 4.39. The minimum absolute atomic E-state index is 0.107. The molecule has 0 spiro atoms. The summed E-state index contributed by atoms with van der Waals surface area (Å²) in [6.07, 6.45) is 2.85. The summed E-state index contributed by atoms with van der Waals surface area (Å²) >= 11 is 18.0. The number of rotatable bonds is 5. The number of hydrogen-bond acceptors (Lipinski definition) is 4. The topological polar surface area (TPSA) is 74.8 Å². The molecule has 2 aliphatic rings. The molecule has 0 aromatic heterocycles. The van der Waals surface area contributed by atoms with E-state index in [0.29, 0.717) is 23.4 Å². The molecule has 3 atom stereocenters. The van der Waals surface area contributed by atoms with Crippen LogP contribution < -0.4 is 0 Å². The molecule has 1 saturated carbocycles. The summed E-state index contributed by atoms with van der Waals surface area (Å²) < 4.78 is 0. The van der Waals surface area contributed by atoms with Gasteiger partial charge in [0.2, 0.25) is 0 Å². The number of imide groups is 1. The van der Waals surface area contributed by atoms with Crippen LogP contribution in [0.5, 0.6) is 0 Å². The second kappa shape index (κ2) is 9.45. The maximum atomic E-state index is 13.6. The van der Waals surface area contributed by atoms with E-state index in [1.807, 2.05) is 0 Å². The fraction of sp³-hybridized carbons (Fsp3) is 0.333. The summed E-state index contributed by atoms with van der Waals surface area (Å²) in [4.78, 5) is 53.5. The third-order valence-electron chi connectivity index (χ3n) is 6.28. The zero-order chi connectivity index (χ0) is 23.9. The summed E-state index contributed by atoms with van der Waals surface area (Å²) in [5.41, 5.74) is 0.408. The monoisotopic (exact) mass is 506 g/mol. The maximum absolute atomic E-state index is 13.6. The average Bonchev–Trinajstić information content (AvgIpc) is 3.06. The molecular weight excluding hydrogens is 487 g/mol. The van der Waals surface area contributed by atoms with Crippen molar-refractivity contribution in [1.82, 2.24) is 10.0 Å². The predicted octanol–water partition coefficient (Wildman–Crippen LogP) is 5.45. The Hall–Kier alpha value is -2.41. The largest absolute Gasteiger partial charge is 0.292 e. The van der Waals surface area contributed by atoms with Gasteiger partial charge in [0.1, 0.15) is 6.04 Å². The van der Waals surface area contributed by atoms with Gasteiger partial charge in [-0.2, -0.15) is 5.01 Å². The van der Waals surface area contributed by atoms with Crippen LogP contribution in [0.4, 0.5) is 0 Å². The number of nitrogens with zero attached hydrogens (tertiary/aromatic N) is 2. The molecule has 1 saturated heterocycles. The summed E-state index contributed by atoms with van der Waals surface area (Å²) in [5.74, 6) is -2.98. The number of hydrogen-bond donors (Lipinski definition) is 0. The first-order valence-electron chi connectivity index (χ1n) is 10.7. The number of ketones is 1. The predicted molar refractivity (Wildman–Crippen MR) is 125 cm³/mol. The Bertz CT molecular complexity index is 1110.